The van der Waals surface area contributed by atoms with E-state index in [1.165, 1.54) is 12.3 Å². The van der Waals surface area contributed by atoms with Gasteiger partial charge in [0, 0.05) is 47.5 Å². The van der Waals surface area contributed by atoms with Gasteiger partial charge in [-0.2, -0.15) is 0 Å². The predicted molar refractivity (Wildman–Crippen MR) is 134 cm³/mol. The van der Waals surface area contributed by atoms with Gasteiger partial charge in [0.1, 0.15) is 11.6 Å². The number of carbonyl (C=O) groups excluding carboxylic acids is 2. The highest BCUT2D eigenvalue weighted by atomic mass is 16.5. The number of hydrogen-bond acceptors (Lipinski definition) is 8. The molecule has 0 unspecified atom stereocenters. The number of carbonyl (C=O) groups is 2. The van der Waals surface area contributed by atoms with Crippen molar-refractivity contribution >= 4 is 34.7 Å². The molecule has 0 spiro atoms. The van der Waals surface area contributed by atoms with Crippen molar-refractivity contribution in [1.29, 1.82) is 0 Å². The highest BCUT2D eigenvalue weighted by Gasteiger charge is 2.33. The molecule has 3 aromatic heterocycles. The Morgan fingerprint density at radius 2 is 2.09 bits per heavy atom. The van der Waals surface area contributed by atoms with Gasteiger partial charge in [0.15, 0.2) is 11.6 Å². The molecule has 1 fully saturated rings. The monoisotopic (exact) mass is 475 g/mol. The van der Waals surface area contributed by atoms with Gasteiger partial charge in [-0.25, -0.2) is 9.97 Å². The number of anilines is 4. The van der Waals surface area contributed by atoms with Gasteiger partial charge in [-0.1, -0.05) is 12.9 Å². The Balaban J connectivity index is 1.61. The first kappa shape index (κ1) is 19.3. The van der Waals surface area contributed by atoms with Crippen molar-refractivity contribution in [3.63, 3.8) is 0 Å². The number of rotatable bonds is 7. The van der Waals surface area contributed by atoms with E-state index in [9.17, 15) is 9.59 Å². The molecular weight excluding hydrogens is 444 g/mol. The molecule has 9 nitrogen and oxygen atoms in total. The number of pyridine rings is 3. The molecule has 2 N–H and O–H groups in total. The van der Waals surface area contributed by atoms with Crippen LogP contribution in [0, 0.1) is 5.92 Å². The highest BCUT2D eigenvalue weighted by molar-refractivity contribution is 6.03. The minimum atomic E-state index is -2.45. The molecule has 0 aromatic carbocycles. The Hall–Kier alpha value is -4.01. The molecule has 0 saturated heterocycles. The first-order valence-corrected chi connectivity index (χ1v) is 11.4. The summed E-state index contributed by atoms with van der Waals surface area (Å²) in [4.78, 5) is 40.8. The van der Waals surface area contributed by atoms with Crippen LogP contribution in [0.15, 0.2) is 36.8 Å². The fourth-order valence-corrected chi connectivity index (χ4v) is 4.31. The Kier molecular flexibility index (Phi) is 4.95. The summed E-state index contributed by atoms with van der Waals surface area (Å²) in [5.41, 5.74) is 3.61. The van der Waals surface area contributed by atoms with Crippen molar-refractivity contribution in [3.05, 3.63) is 47.9 Å². The Labute approximate surface area is 208 Å². The molecule has 4 heterocycles. The molecular formula is C26H28N6O3. The van der Waals surface area contributed by atoms with Crippen molar-refractivity contribution in [3.8, 4) is 17.0 Å². The van der Waals surface area contributed by atoms with Crippen LogP contribution in [0.25, 0.3) is 11.3 Å². The molecule has 1 aliphatic carbocycles. The largest absolute Gasteiger partial charge is 0.494 e. The predicted octanol–water partition coefficient (Wildman–Crippen LogP) is 4.74. The zero-order valence-electron chi connectivity index (χ0n) is 22.8. The van der Waals surface area contributed by atoms with E-state index in [0.717, 1.165) is 29.7 Å². The quantitative estimate of drug-likeness (QED) is 0.472. The summed E-state index contributed by atoms with van der Waals surface area (Å²) in [6, 6.07) is 5.40. The van der Waals surface area contributed by atoms with Gasteiger partial charge < -0.3 is 20.3 Å². The molecule has 180 valence electrons. The Morgan fingerprint density at radius 3 is 2.83 bits per heavy atom. The van der Waals surface area contributed by atoms with Crippen molar-refractivity contribution in [2.45, 2.75) is 39.1 Å². The summed E-state index contributed by atoms with van der Waals surface area (Å²) < 4.78 is 28.3. The zero-order valence-corrected chi connectivity index (χ0v) is 19.8. The number of ether oxygens (including phenoxy) is 1. The number of fused-ring (bicyclic) bond motifs is 3. The zero-order chi connectivity index (χ0) is 27.2. The average Bonchev–Trinajstić information content (AvgIpc) is 3.72. The number of methoxy groups -OCH3 is 1. The summed E-state index contributed by atoms with van der Waals surface area (Å²) in [6.45, 7) is -0.397. The van der Waals surface area contributed by atoms with E-state index in [4.69, 9.17) is 8.85 Å². The van der Waals surface area contributed by atoms with E-state index in [1.807, 2.05) is 24.1 Å². The normalized spacial score (nSPS) is 17.9. The van der Waals surface area contributed by atoms with Crippen molar-refractivity contribution in [2.24, 2.45) is 5.92 Å². The number of ketones is 1. The third-order valence-corrected chi connectivity index (χ3v) is 6.52. The fourth-order valence-electron chi connectivity index (χ4n) is 4.31. The molecule has 3 aromatic rings. The van der Waals surface area contributed by atoms with Crippen LogP contribution in [0.5, 0.6) is 5.75 Å². The maximum atomic E-state index is 13.0. The Bertz CT molecular complexity index is 1420. The van der Waals surface area contributed by atoms with E-state index >= 15 is 0 Å². The fraction of sp³-hybridized carbons (Fsp3) is 0.346. The first-order chi connectivity index (χ1) is 18.1. The summed E-state index contributed by atoms with van der Waals surface area (Å²) in [7, 11) is 3.49. The number of aromatic nitrogens is 3. The number of nitrogens with one attached hydrogen (secondary N) is 2. The van der Waals surface area contributed by atoms with E-state index in [0.29, 0.717) is 17.3 Å². The summed E-state index contributed by atoms with van der Waals surface area (Å²) in [6.07, 6.45) is 5.58. The molecule has 2 aliphatic rings. The van der Waals surface area contributed by atoms with Gasteiger partial charge in [0.25, 0.3) is 0 Å². The van der Waals surface area contributed by atoms with Crippen LogP contribution in [0.1, 0.15) is 59.1 Å². The maximum Gasteiger partial charge on any atom is 0.228 e. The second kappa shape index (κ2) is 8.98. The van der Waals surface area contributed by atoms with Crippen LogP contribution in [-0.2, 0) is 4.79 Å². The smallest absolute Gasteiger partial charge is 0.228 e. The molecule has 0 bridgehead atoms. The highest BCUT2D eigenvalue weighted by Crippen LogP contribution is 2.50. The minimum absolute atomic E-state index is 0.0388. The standard InChI is InChI=1S/C26H28N6O3/c1-5-19(33)17-12-28-21(31-26(34)15-8-9-15)11-18(17)30-25-24-22(20(35-4)13-29-25)23-16(7-6-10-27-23)14(2)32(24)3/h6-7,10-15H,5,8-9H2,1-4H3,(H2,28,29,30,31,34)/t14-/m1/s1/i1D3. The van der Waals surface area contributed by atoms with Gasteiger partial charge in [-0.05, 0) is 25.8 Å². The topological polar surface area (TPSA) is 109 Å². The molecule has 1 amide bonds. The Morgan fingerprint density at radius 1 is 1.26 bits per heavy atom. The summed E-state index contributed by atoms with van der Waals surface area (Å²) in [5, 5.41) is 6.01. The average molecular weight is 476 g/mol. The molecule has 1 aliphatic heterocycles. The van der Waals surface area contributed by atoms with Crippen LogP contribution in [0.3, 0.4) is 0 Å². The minimum Gasteiger partial charge on any atom is -0.494 e. The SMILES string of the molecule is [2H]C([2H])([2H])CC(=O)c1cnc(NC(=O)C2CC2)cc1Nc1ncc(OC)c2c1N(C)[C@H](C)c1cccnc1-2. The van der Waals surface area contributed by atoms with Gasteiger partial charge >= 0.3 is 0 Å². The molecule has 5 rings (SSSR count). The van der Waals surface area contributed by atoms with E-state index in [1.54, 1.807) is 19.5 Å². The number of Topliss-reactive ketones (excluding diaryl/α,β-unsaturated/α-hetero) is 1. The molecule has 9 heteroatoms. The van der Waals surface area contributed by atoms with Crippen LogP contribution in [0.4, 0.5) is 23.0 Å². The van der Waals surface area contributed by atoms with Crippen molar-refractivity contribution in [1.82, 2.24) is 15.0 Å². The summed E-state index contributed by atoms with van der Waals surface area (Å²) >= 11 is 0. The third-order valence-electron chi connectivity index (χ3n) is 6.52. The molecule has 35 heavy (non-hydrogen) atoms. The van der Waals surface area contributed by atoms with Gasteiger partial charge in [-0.15, -0.1) is 0 Å². The molecule has 1 atom stereocenters. The lowest BCUT2D eigenvalue weighted by Crippen LogP contribution is -2.28. The lowest BCUT2D eigenvalue weighted by atomic mass is 9.93. The lowest BCUT2D eigenvalue weighted by molar-refractivity contribution is -0.117. The second-order valence-corrected chi connectivity index (χ2v) is 8.73. The van der Waals surface area contributed by atoms with E-state index < -0.39 is 19.1 Å². The van der Waals surface area contributed by atoms with Gasteiger partial charge in [0.05, 0.1) is 47.5 Å². The second-order valence-electron chi connectivity index (χ2n) is 8.73. The van der Waals surface area contributed by atoms with Crippen LogP contribution < -0.4 is 20.3 Å². The number of amides is 1. The third kappa shape index (κ3) is 4.07. The van der Waals surface area contributed by atoms with Crippen LogP contribution >= 0.6 is 0 Å². The van der Waals surface area contributed by atoms with Crippen molar-refractivity contribution in [2.75, 3.05) is 29.7 Å². The van der Waals surface area contributed by atoms with Gasteiger partial charge in [-0.3, -0.25) is 14.6 Å². The number of hydrogen-bond donors (Lipinski definition) is 2. The van der Waals surface area contributed by atoms with Gasteiger partial charge in [0.2, 0.25) is 5.91 Å². The molecule has 0 radical (unpaired) electrons. The number of nitrogens with zero attached hydrogens (tertiary/aromatic N) is 4. The van der Waals surface area contributed by atoms with Crippen molar-refractivity contribution < 1.29 is 18.4 Å². The van der Waals surface area contributed by atoms with E-state index in [2.05, 4.69) is 32.5 Å². The lowest BCUT2D eigenvalue weighted by Gasteiger charge is -2.36. The van der Waals surface area contributed by atoms with Crippen LogP contribution in [-0.4, -0.2) is 40.8 Å². The van der Waals surface area contributed by atoms with Crippen LogP contribution in [0.2, 0.25) is 0 Å². The maximum absolute atomic E-state index is 13.0. The summed E-state index contributed by atoms with van der Waals surface area (Å²) in [5.74, 6) is 0.432. The first-order valence-electron chi connectivity index (χ1n) is 12.9. The molecule has 1 saturated carbocycles. The van der Waals surface area contributed by atoms with E-state index in [-0.39, 0.29) is 34.9 Å².